The number of esters is 1. The zero-order chi connectivity index (χ0) is 22.2. The van der Waals surface area contributed by atoms with Crippen LogP contribution in [0.3, 0.4) is 0 Å². The summed E-state index contributed by atoms with van der Waals surface area (Å²) in [6.07, 6.45) is 1.30. The first-order valence-corrected chi connectivity index (χ1v) is 8.87. The number of nitrogen functional groups attached to an aromatic ring is 1. The number of ketones is 1. The van der Waals surface area contributed by atoms with E-state index in [0.29, 0.717) is 5.82 Å². The van der Waals surface area contributed by atoms with E-state index in [9.17, 15) is 19.2 Å². The number of Topliss-reactive ketones (excluding diaryl/α,β-unsaturated/α-hetero) is 1. The van der Waals surface area contributed by atoms with Crippen molar-refractivity contribution in [2.24, 2.45) is 14.1 Å². The van der Waals surface area contributed by atoms with Crippen molar-refractivity contribution < 1.29 is 14.3 Å². The van der Waals surface area contributed by atoms with E-state index in [1.165, 1.54) is 26.4 Å². The van der Waals surface area contributed by atoms with E-state index in [2.05, 4.69) is 10.1 Å². The van der Waals surface area contributed by atoms with Crippen LogP contribution in [0.4, 0.5) is 5.82 Å². The summed E-state index contributed by atoms with van der Waals surface area (Å²) in [5, 5.41) is 4.31. The van der Waals surface area contributed by atoms with Gasteiger partial charge in [0.1, 0.15) is 11.4 Å². The Bertz CT molecular complexity index is 1270. The number of nitrogens with two attached hydrogens (primary N) is 1. The van der Waals surface area contributed by atoms with Crippen molar-refractivity contribution in [2.75, 3.05) is 12.3 Å². The number of hydrogen-bond acceptors (Lipinski definition) is 8. The topological polar surface area (TPSA) is 144 Å². The highest BCUT2D eigenvalue weighted by molar-refractivity contribution is 6.02. The molecule has 3 aromatic rings. The monoisotopic (exact) mass is 412 g/mol. The highest BCUT2D eigenvalue weighted by atomic mass is 16.5. The third-order valence-electron chi connectivity index (χ3n) is 4.53. The lowest BCUT2D eigenvalue weighted by atomic mass is 10.2. The molecule has 3 rings (SSSR count). The van der Waals surface area contributed by atoms with E-state index in [4.69, 9.17) is 10.5 Å². The van der Waals surface area contributed by atoms with Crippen LogP contribution in [0.15, 0.2) is 34.0 Å². The molecule has 0 atom stereocenters. The van der Waals surface area contributed by atoms with Crippen LogP contribution in [0.1, 0.15) is 32.1 Å². The van der Waals surface area contributed by atoms with Crippen LogP contribution in [-0.4, -0.2) is 42.3 Å². The number of hydrogen-bond donors (Lipinski definition) is 1. The Labute approximate surface area is 170 Å². The molecule has 0 aliphatic heterocycles. The molecule has 0 bridgehead atoms. The van der Waals surface area contributed by atoms with Gasteiger partial charge in [0, 0.05) is 26.0 Å². The highest BCUT2D eigenvalue weighted by Gasteiger charge is 2.22. The zero-order valence-electron chi connectivity index (χ0n) is 16.9. The lowest BCUT2D eigenvalue weighted by Crippen LogP contribution is -2.42. The standard InChI is InChI=1S/C19H20N6O5/c1-10-7-11(2)25(22-10)14-6-5-12(8-21-14)18(28)30-9-13(26)15-16(20)23(3)19(29)24(4)17(15)27/h5-8H,9,20H2,1-4H3. The predicted molar refractivity (Wildman–Crippen MR) is 107 cm³/mol. The Kier molecular flexibility index (Phi) is 5.37. The second-order valence-electron chi connectivity index (χ2n) is 6.71. The van der Waals surface area contributed by atoms with Gasteiger partial charge in [-0.05, 0) is 32.0 Å². The minimum atomic E-state index is -0.854. The number of aromatic nitrogens is 5. The van der Waals surface area contributed by atoms with Crippen LogP contribution < -0.4 is 17.0 Å². The van der Waals surface area contributed by atoms with Crippen molar-refractivity contribution in [3.63, 3.8) is 0 Å². The molecule has 0 saturated carbocycles. The number of pyridine rings is 1. The number of rotatable bonds is 5. The number of anilines is 1. The van der Waals surface area contributed by atoms with Gasteiger partial charge in [-0.3, -0.25) is 18.7 Å². The molecule has 0 saturated heterocycles. The van der Waals surface area contributed by atoms with Gasteiger partial charge in [0.2, 0.25) is 5.78 Å². The van der Waals surface area contributed by atoms with Crippen LogP contribution in [0.2, 0.25) is 0 Å². The van der Waals surface area contributed by atoms with Gasteiger partial charge in [0.15, 0.2) is 12.4 Å². The van der Waals surface area contributed by atoms with Crippen LogP contribution in [0.5, 0.6) is 0 Å². The van der Waals surface area contributed by atoms with E-state index >= 15 is 0 Å². The molecule has 0 fully saturated rings. The summed E-state index contributed by atoms with van der Waals surface area (Å²) in [6.45, 7) is 3.03. The molecule has 3 heterocycles. The highest BCUT2D eigenvalue weighted by Crippen LogP contribution is 2.11. The van der Waals surface area contributed by atoms with Gasteiger partial charge in [-0.2, -0.15) is 5.10 Å². The minimum Gasteiger partial charge on any atom is -0.454 e. The largest absolute Gasteiger partial charge is 0.454 e. The van der Waals surface area contributed by atoms with E-state index in [-0.39, 0.29) is 11.4 Å². The Balaban J connectivity index is 1.75. The number of carbonyl (C=O) groups excluding carboxylic acids is 2. The van der Waals surface area contributed by atoms with Gasteiger partial charge in [-0.15, -0.1) is 0 Å². The average Bonchev–Trinajstić information content (AvgIpc) is 3.07. The first-order chi connectivity index (χ1) is 14.1. The summed E-state index contributed by atoms with van der Waals surface area (Å²) in [4.78, 5) is 52.9. The van der Waals surface area contributed by atoms with Crippen molar-refractivity contribution >= 4 is 17.6 Å². The first-order valence-electron chi connectivity index (χ1n) is 8.87. The smallest absolute Gasteiger partial charge is 0.340 e. The molecule has 0 aliphatic rings. The van der Waals surface area contributed by atoms with Gasteiger partial charge < -0.3 is 10.5 Å². The average molecular weight is 412 g/mol. The maximum atomic E-state index is 12.4. The van der Waals surface area contributed by atoms with Crippen LogP contribution in [-0.2, 0) is 18.8 Å². The summed E-state index contributed by atoms with van der Waals surface area (Å²) in [6, 6.07) is 4.98. The van der Waals surface area contributed by atoms with Crippen molar-refractivity contribution in [3.05, 3.63) is 67.7 Å². The molecule has 2 N–H and O–H groups in total. The molecule has 156 valence electrons. The van der Waals surface area contributed by atoms with Gasteiger partial charge in [-0.25, -0.2) is 19.3 Å². The number of carbonyl (C=O) groups is 2. The maximum Gasteiger partial charge on any atom is 0.340 e. The van der Waals surface area contributed by atoms with E-state index in [0.717, 1.165) is 20.5 Å². The number of aryl methyl sites for hydroxylation is 2. The molecule has 0 amide bonds. The predicted octanol–water partition coefficient (Wildman–Crippen LogP) is -0.0966. The van der Waals surface area contributed by atoms with Crippen molar-refractivity contribution in [1.29, 1.82) is 0 Å². The molecule has 0 spiro atoms. The molecule has 0 unspecified atom stereocenters. The molecule has 3 aromatic heterocycles. The third-order valence-corrected chi connectivity index (χ3v) is 4.53. The van der Waals surface area contributed by atoms with Crippen molar-refractivity contribution in [1.82, 2.24) is 23.9 Å². The van der Waals surface area contributed by atoms with Crippen molar-refractivity contribution in [2.45, 2.75) is 13.8 Å². The minimum absolute atomic E-state index is 0.120. The molecule has 30 heavy (non-hydrogen) atoms. The summed E-state index contributed by atoms with van der Waals surface area (Å²) < 4.78 is 8.35. The number of ether oxygens (including phenoxy) is 1. The fourth-order valence-electron chi connectivity index (χ4n) is 2.90. The van der Waals surface area contributed by atoms with Gasteiger partial charge >= 0.3 is 11.7 Å². The summed E-state index contributed by atoms with van der Waals surface area (Å²) in [7, 11) is 2.55. The Morgan fingerprint density at radius 3 is 2.40 bits per heavy atom. The van der Waals surface area contributed by atoms with Crippen molar-refractivity contribution in [3.8, 4) is 5.82 Å². The Hall–Kier alpha value is -4.02. The summed E-state index contributed by atoms with van der Waals surface area (Å²) in [5.74, 6) is -1.38. The van der Waals surface area contributed by atoms with Gasteiger partial charge in [0.05, 0.1) is 11.3 Å². The second kappa shape index (κ2) is 7.78. The lowest BCUT2D eigenvalue weighted by Gasteiger charge is -2.11. The quantitative estimate of drug-likeness (QED) is 0.452. The third kappa shape index (κ3) is 3.64. The molecule has 0 radical (unpaired) electrons. The van der Waals surface area contributed by atoms with E-state index in [1.807, 2.05) is 19.9 Å². The molecule has 11 heteroatoms. The van der Waals surface area contributed by atoms with Crippen LogP contribution in [0, 0.1) is 13.8 Å². The summed E-state index contributed by atoms with van der Waals surface area (Å²) in [5.41, 5.74) is 5.63. The molecule has 0 aromatic carbocycles. The SMILES string of the molecule is Cc1cc(C)n(-c2ccc(C(=O)OCC(=O)c3c(N)n(C)c(=O)n(C)c3=O)cn2)n1. The first kappa shape index (κ1) is 20.7. The fourth-order valence-corrected chi connectivity index (χ4v) is 2.90. The van der Waals surface area contributed by atoms with E-state index < -0.39 is 35.2 Å². The molecule has 0 aliphatic carbocycles. The number of nitrogens with zero attached hydrogens (tertiary/aromatic N) is 5. The van der Waals surface area contributed by atoms with Crippen LogP contribution in [0.25, 0.3) is 5.82 Å². The Morgan fingerprint density at radius 1 is 1.13 bits per heavy atom. The zero-order valence-corrected chi connectivity index (χ0v) is 16.9. The normalized spacial score (nSPS) is 10.8. The van der Waals surface area contributed by atoms with Crippen LogP contribution >= 0.6 is 0 Å². The fraction of sp³-hybridized carbons (Fsp3) is 0.263. The van der Waals surface area contributed by atoms with Gasteiger partial charge in [-0.1, -0.05) is 0 Å². The molecule has 11 nitrogen and oxygen atoms in total. The van der Waals surface area contributed by atoms with Gasteiger partial charge in [0.25, 0.3) is 5.56 Å². The Morgan fingerprint density at radius 2 is 1.83 bits per heavy atom. The lowest BCUT2D eigenvalue weighted by molar-refractivity contribution is 0.0473. The molecular formula is C19H20N6O5. The molecular weight excluding hydrogens is 392 g/mol. The van der Waals surface area contributed by atoms with E-state index in [1.54, 1.807) is 10.7 Å². The maximum absolute atomic E-state index is 12.4. The summed E-state index contributed by atoms with van der Waals surface area (Å²) >= 11 is 0. The second-order valence-corrected chi connectivity index (χ2v) is 6.71.